The van der Waals surface area contributed by atoms with Crippen molar-refractivity contribution < 1.29 is 14.4 Å². The molecule has 1 N–H and O–H groups in total. The molecule has 4 nitrogen and oxygen atoms in total. The van der Waals surface area contributed by atoms with Crippen LogP contribution in [0.1, 0.15) is 19.3 Å². The first-order valence-corrected chi connectivity index (χ1v) is 5.37. The van der Waals surface area contributed by atoms with Gasteiger partial charge in [-0.15, -0.1) is 0 Å². The van der Waals surface area contributed by atoms with Crippen molar-refractivity contribution in [3.63, 3.8) is 0 Å². The highest BCUT2D eigenvalue weighted by molar-refractivity contribution is 5.70. The smallest absolute Gasteiger partial charge is 0.308 e. The number of nitrogens with one attached hydrogen (secondary N) is 1. The van der Waals surface area contributed by atoms with Crippen molar-refractivity contribution in [2.24, 2.45) is 0 Å². The van der Waals surface area contributed by atoms with Crippen LogP contribution in [-0.2, 0) is 14.4 Å². The monoisotopic (exact) mass is 221 g/mol. The third-order valence-electron chi connectivity index (χ3n) is 2.57. The lowest BCUT2D eigenvalue weighted by atomic mass is 10.0. The van der Waals surface area contributed by atoms with Crippen molar-refractivity contribution >= 4 is 5.97 Å². The summed E-state index contributed by atoms with van der Waals surface area (Å²) < 4.78 is 4.59. The predicted octanol–water partition coefficient (Wildman–Crippen LogP) is 1.61. The van der Waals surface area contributed by atoms with Gasteiger partial charge in [0.25, 0.3) is 0 Å². The molecule has 0 spiro atoms. The number of ether oxygens (including phenoxy) is 1. The number of hydrogen-bond acceptors (Lipinski definition) is 4. The van der Waals surface area contributed by atoms with Gasteiger partial charge in [-0.05, 0) is 24.5 Å². The normalized spacial score (nSPS) is 23.4. The minimum Gasteiger partial charge on any atom is -0.469 e. The lowest BCUT2D eigenvalue weighted by Gasteiger charge is -2.08. The van der Waals surface area contributed by atoms with E-state index in [1.807, 2.05) is 6.08 Å². The van der Waals surface area contributed by atoms with Gasteiger partial charge in [0.15, 0.2) is 0 Å². The molecule has 0 bridgehead atoms. The Hall–Kier alpha value is -1.55. The summed E-state index contributed by atoms with van der Waals surface area (Å²) in [5.41, 5.74) is 4.90. The fourth-order valence-corrected chi connectivity index (χ4v) is 1.71. The number of rotatable bonds is 3. The lowest BCUT2D eigenvalue weighted by Crippen LogP contribution is -2.17. The maximum absolute atomic E-state index is 11.1. The molecule has 1 aliphatic carbocycles. The van der Waals surface area contributed by atoms with Gasteiger partial charge in [0, 0.05) is 0 Å². The Bertz CT molecular complexity index is 368. The van der Waals surface area contributed by atoms with E-state index >= 15 is 0 Å². The zero-order valence-electron chi connectivity index (χ0n) is 9.23. The molecule has 1 aliphatic heterocycles. The summed E-state index contributed by atoms with van der Waals surface area (Å²) in [6, 6.07) is 0. The van der Waals surface area contributed by atoms with Crippen molar-refractivity contribution in [3.8, 4) is 0 Å². The second kappa shape index (κ2) is 4.99. The van der Waals surface area contributed by atoms with Crippen LogP contribution in [0, 0.1) is 0 Å². The van der Waals surface area contributed by atoms with E-state index in [9.17, 15) is 4.79 Å². The maximum Gasteiger partial charge on any atom is 0.308 e. The second-order valence-electron chi connectivity index (χ2n) is 3.76. The van der Waals surface area contributed by atoms with Crippen LogP contribution < -0.4 is 5.48 Å². The number of esters is 1. The maximum atomic E-state index is 11.1. The van der Waals surface area contributed by atoms with Crippen molar-refractivity contribution in [2.75, 3.05) is 7.11 Å². The molecule has 4 heteroatoms. The molecule has 86 valence electrons. The molecule has 0 unspecified atom stereocenters. The summed E-state index contributed by atoms with van der Waals surface area (Å²) in [7, 11) is 1.38. The Labute approximate surface area is 94.6 Å². The Kier molecular flexibility index (Phi) is 3.41. The SMILES string of the molecule is COC(=O)C[C@@H]1C=C(C2=CCCC=C2)NO1. The molecule has 1 atom stereocenters. The van der Waals surface area contributed by atoms with Gasteiger partial charge >= 0.3 is 5.97 Å². The van der Waals surface area contributed by atoms with Crippen LogP contribution in [0.15, 0.2) is 35.6 Å². The third-order valence-corrected chi connectivity index (χ3v) is 2.57. The molecular formula is C12H15NO3. The molecule has 2 aliphatic rings. The summed E-state index contributed by atoms with van der Waals surface area (Å²) in [4.78, 5) is 16.3. The molecule has 0 saturated carbocycles. The van der Waals surface area contributed by atoms with E-state index in [1.165, 1.54) is 7.11 Å². The van der Waals surface area contributed by atoms with E-state index < -0.39 is 0 Å². The quantitative estimate of drug-likeness (QED) is 0.735. The molecular weight excluding hydrogens is 206 g/mol. The number of allylic oxidation sites excluding steroid dienone is 3. The molecule has 1 heterocycles. The van der Waals surface area contributed by atoms with Crippen molar-refractivity contribution in [3.05, 3.63) is 35.6 Å². The summed E-state index contributed by atoms with van der Waals surface area (Å²) >= 11 is 0. The van der Waals surface area contributed by atoms with Crippen LogP contribution in [0.5, 0.6) is 0 Å². The van der Waals surface area contributed by atoms with Crippen LogP contribution in [0.3, 0.4) is 0 Å². The Morgan fingerprint density at radius 3 is 3.19 bits per heavy atom. The standard InChI is InChI=1S/C12H15NO3/c1-15-12(14)8-10-7-11(13-16-10)9-5-3-2-4-6-9/h3,5-7,10,13H,2,4,8H2,1H3/t10-/m0/s1. The molecule has 0 aromatic heterocycles. The molecule has 16 heavy (non-hydrogen) atoms. The highest BCUT2D eigenvalue weighted by atomic mass is 16.7. The van der Waals surface area contributed by atoms with Gasteiger partial charge in [0.05, 0.1) is 19.2 Å². The van der Waals surface area contributed by atoms with Gasteiger partial charge in [0.2, 0.25) is 0 Å². The molecule has 0 radical (unpaired) electrons. The zero-order valence-corrected chi connectivity index (χ0v) is 9.23. The molecule has 0 amide bonds. The Balaban J connectivity index is 1.98. The first kappa shape index (κ1) is 11.0. The van der Waals surface area contributed by atoms with E-state index in [0.717, 1.165) is 24.1 Å². The van der Waals surface area contributed by atoms with Crippen molar-refractivity contribution in [1.82, 2.24) is 5.48 Å². The number of hydroxylamine groups is 1. The van der Waals surface area contributed by atoms with E-state index in [4.69, 9.17) is 4.84 Å². The minimum atomic E-state index is -0.266. The predicted molar refractivity (Wildman–Crippen MR) is 59.2 cm³/mol. The van der Waals surface area contributed by atoms with Gasteiger partial charge in [-0.2, -0.15) is 0 Å². The van der Waals surface area contributed by atoms with Crippen LogP contribution in [0.25, 0.3) is 0 Å². The van der Waals surface area contributed by atoms with Crippen molar-refractivity contribution in [1.29, 1.82) is 0 Å². The van der Waals surface area contributed by atoms with Crippen LogP contribution >= 0.6 is 0 Å². The Morgan fingerprint density at radius 1 is 1.62 bits per heavy atom. The molecule has 0 saturated heterocycles. The molecule has 0 aromatic carbocycles. The second-order valence-corrected chi connectivity index (χ2v) is 3.76. The summed E-state index contributed by atoms with van der Waals surface area (Å²) in [6.45, 7) is 0. The summed E-state index contributed by atoms with van der Waals surface area (Å²) in [5, 5.41) is 0. The minimum absolute atomic E-state index is 0.237. The van der Waals surface area contributed by atoms with Gasteiger partial charge in [-0.1, -0.05) is 18.2 Å². The molecule has 0 aromatic rings. The topological polar surface area (TPSA) is 47.6 Å². The first-order chi connectivity index (χ1) is 7.79. The fourth-order valence-electron chi connectivity index (χ4n) is 1.71. The highest BCUT2D eigenvalue weighted by Gasteiger charge is 2.21. The Morgan fingerprint density at radius 2 is 2.50 bits per heavy atom. The average Bonchev–Trinajstić information content (AvgIpc) is 2.78. The lowest BCUT2D eigenvalue weighted by molar-refractivity contribution is -0.143. The van der Waals surface area contributed by atoms with E-state index in [1.54, 1.807) is 0 Å². The zero-order chi connectivity index (χ0) is 11.4. The van der Waals surface area contributed by atoms with Crippen LogP contribution in [0.2, 0.25) is 0 Å². The molecule has 0 fully saturated rings. The first-order valence-electron chi connectivity index (χ1n) is 5.37. The number of hydrogen-bond donors (Lipinski definition) is 1. The van der Waals surface area contributed by atoms with E-state index in [2.05, 4.69) is 28.4 Å². The highest BCUT2D eigenvalue weighted by Crippen LogP contribution is 2.21. The van der Waals surface area contributed by atoms with Gasteiger partial charge < -0.3 is 4.74 Å². The number of carbonyl (C=O) groups is 1. The fraction of sp³-hybridized carbons (Fsp3) is 0.417. The van der Waals surface area contributed by atoms with Crippen LogP contribution in [-0.4, -0.2) is 19.2 Å². The van der Waals surface area contributed by atoms with Crippen LogP contribution in [0.4, 0.5) is 0 Å². The average molecular weight is 221 g/mol. The molecule has 2 rings (SSSR count). The van der Waals surface area contributed by atoms with E-state index in [-0.39, 0.29) is 18.5 Å². The number of carbonyl (C=O) groups excluding carboxylic acids is 1. The summed E-state index contributed by atoms with van der Waals surface area (Å²) in [6.07, 6.45) is 10.4. The van der Waals surface area contributed by atoms with Gasteiger partial charge in [-0.25, -0.2) is 0 Å². The van der Waals surface area contributed by atoms with Gasteiger partial charge in [-0.3, -0.25) is 15.1 Å². The third kappa shape index (κ3) is 2.52. The largest absolute Gasteiger partial charge is 0.469 e. The van der Waals surface area contributed by atoms with Crippen molar-refractivity contribution in [2.45, 2.75) is 25.4 Å². The number of methoxy groups -OCH3 is 1. The van der Waals surface area contributed by atoms with Gasteiger partial charge in [0.1, 0.15) is 6.10 Å². The van der Waals surface area contributed by atoms with E-state index in [0.29, 0.717) is 0 Å². The summed E-state index contributed by atoms with van der Waals surface area (Å²) in [5.74, 6) is -0.266.